The molecule has 0 aliphatic carbocycles. The van der Waals surface area contributed by atoms with Crippen LogP contribution in [-0.2, 0) is 14.4 Å². The molecule has 0 aliphatic heterocycles. The molecule has 0 saturated carbocycles. The number of aliphatic carboxylic acids is 1. The van der Waals surface area contributed by atoms with Gasteiger partial charge in [0.25, 0.3) is 0 Å². The van der Waals surface area contributed by atoms with Crippen LogP contribution in [0, 0.1) is 0 Å². The molecule has 102 valence electrons. The molecule has 6 nitrogen and oxygen atoms in total. The molecule has 0 spiro atoms. The van der Waals surface area contributed by atoms with E-state index in [9.17, 15) is 9.59 Å². The lowest BCUT2D eigenvalue weighted by Gasteiger charge is -2.02. The summed E-state index contributed by atoms with van der Waals surface area (Å²) in [5.41, 5.74) is 7.89. The summed E-state index contributed by atoms with van der Waals surface area (Å²) in [5, 5.41) is 8.28. The minimum Gasteiger partial charge on any atom is -0.478 e. The Balaban J connectivity index is 3.45. The lowest BCUT2D eigenvalue weighted by Crippen LogP contribution is -2.19. The lowest BCUT2D eigenvalue weighted by molar-refractivity contribution is -0.145. The van der Waals surface area contributed by atoms with Crippen LogP contribution in [-0.4, -0.2) is 30.1 Å². The first kappa shape index (κ1) is 16.3. The van der Waals surface area contributed by atoms with Gasteiger partial charge in [-0.3, -0.25) is 0 Å². The summed E-state index contributed by atoms with van der Waals surface area (Å²) in [7, 11) is 0. The molecule has 0 bridgehead atoms. The first-order valence-corrected chi connectivity index (χ1v) is 5.88. The maximum atomic E-state index is 11.1. The van der Waals surface area contributed by atoms with Crippen LogP contribution >= 0.6 is 0 Å². The lowest BCUT2D eigenvalue weighted by atomic mass is 10.2. The maximum absolute atomic E-state index is 11.1. The Labute approximate surface area is 106 Å². The normalized spacial score (nSPS) is 11.2. The molecule has 0 aliphatic rings. The number of carbonyl (C=O) groups is 2. The molecule has 0 aromatic heterocycles. The molecule has 6 heteroatoms. The zero-order chi connectivity index (χ0) is 13.6. The zero-order valence-electron chi connectivity index (χ0n) is 10.3. The third-order valence-electron chi connectivity index (χ3n) is 1.99. The first-order chi connectivity index (χ1) is 8.66. The summed E-state index contributed by atoms with van der Waals surface area (Å²) in [6.45, 7) is 1.30. The molecule has 0 rings (SSSR count). The monoisotopic (exact) mass is 256 g/mol. The number of hydroxylamine groups is 1. The Morgan fingerprint density at radius 2 is 1.78 bits per heavy atom. The topological polar surface area (TPSA) is 102 Å². The molecule has 0 saturated heterocycles. The Hall–Kier alpha value is -1.66. The number of carboxylic acids is 1. The van der Waals surface area contributed by atoms with Gasteiger partial charge in [-0.15, -0.1) is 0 Å². The molecule has 0 aromatic carbocycles. The van der Waals surface area contributed by atoms with Gasteiger partial charge < -0.3 is 15.7 Å². The molecule has 0 atom stereocenters. The minimum atomic E-state index is -1.07. The highest BCUT2D eigenvalue weighted by Gasteiger charge is 1.95. The van der Waals surface area contributed by atoms with Crippen molar-refractivity contribution in [2.75, 3.05) is 13.1 Å². The van der Waals surface area contributed by atoms with Crippen molar-refractivity contribution in [3.8, 4) is 0 Å². The highest BCUT2D eigenvalue weighted by atomic mass is 16.7. The fourth-order valence-corrected chi connectivity index (χ4v) is 1.12. The van der Waals surface area contributed by atoms with E-state index in [-0.39, 0.29) is 0 Å². The number of nitrogens with one attached hydrogen (secondary N) is 1. The summed E-state index contributed by atoms with van der Waals surface area (Å²) in [6, 6.07) is 0. The predicted molar refractivity (Wildman–Crippen MR) is 67.5 cm³/mol. The molecule has 4 N–H and O–H groups in total. The summed E-state index contributed by atoms with van der Waals surface area (Å²) in [5.74, 6) is -1.63. The van der Waals surface area contributed by atoms with Crippen molar-refractivity contribution in [2.45, 2.75) is 25.7 Å². The summed E-state index contributed by atoms with van der Waals surface area (Å²) in [6.07, 6.45) is 8.66. The Bertz CT molecular complexity index is 300. The standard InChI is InChI=1S/C12H20N2O4/c13-9-5-1-2-6-10-14-18-12(17)8-4-3-7-11(15)16/h3-4,7-8,14H,1-2,5-6,9-10,13H2,(H,15,16)/b7-3+,8-4+. The number of nitrogens with two attached hydrogens (primary N) is 1. The smallest absolute Gasteiger partial charge is 0.349 e. The van der Waals surface area contributed by atoms with Gasteiger partial charge in [0.05, 0.1) is 0 Å². The second-order valence-corrected chi connectivity index (χ2v) is 3.57. The van der Waals surface area contributed by atoms with Gasteiger partial charge in [-0.2, -0.15) is 5.48 Å². The van der Waals surface area contributed by atoms with Crippen LogP contribution in [0.5, 0.6) is 0 Å². The number of unbranched alkanes of at least 4 members (excludes halogenated alkanes) is 3. The van der Waals surface area contributed by atoms with Crippen molar-refractivity contribution in [1.82, 2.24) is 5.48 Å². The second kappa shape index (κ2) is 11.8. The van der Waals surface area contributed by atoms with E-state index in [2.05, 4.69) is 10.3 Å². The van der Waals surface area contributed by atoms with Crippen LogP contribution in [0.3, 0.4) is 0 Å². The van der Waals surface area contributed by atoms with Gasteiger partial charge in [0.2, 0.25) is 0 Å². The van der Waals surface area contributed by atoms with Gasteiger partial charge in [-0.25, -0.2) is 9.59 Å². The Kier molecular flexibility index (Phi) is 10.7. The predicted octanol–water partition coefficient (Wildman–Crippen LogP) is 0.750. The van der Waals surface area contributed by atoms with E-state index in [0.717, 1.165) is 37.8 Å². The fraction of sp³-hybridized carbons (Fsp3) is 0.500. The highest BCUT2D eigenvalue weighted by Crippen LogP contribution is 1.96. The van der Waals surface area contributed by atoms with E-state index in [1.165, 1.54) is 12.2 Å². The zero-order valence-corrected chi connectivity index (χ0v) is 10.3. The van der Waals surface area contributed by atoms with Gasteiger partial charge in [-0.1, -0.05) is 25.0 Å². The molecule has 0 amide bonds. The van der Waals surface area contributed by atoms with Gasteiger partial charge in [0.15, 0.2) is 0 Å². The van der Waals surface area contributed by atoms with E-state index in [1.54, 1.807) is 0 Å². The van der Waals surface area contributed by atoms with Gasteiger partial charge in [0, 0.05) is 18.7 Å². The van der Waals surface area contributed by atoms with Crippen molar-refractivity contribution in [3.05, 3.63) is 24.3 Å². The van der Waals surface area contributed by atoms with Crippen molar-refractivity contribution >= 4 is 11.9 Å². The number of carbonyl (C=O) groups excluding carboxylic acids is 1. The second-order valence-electron chi connectivity index (χ2n) is 3.57. The SMILES string of the molecule is NCCCCCCNOC(=O)/C=C/C=C/C(=O)O. The van der Waals surface area contributed by atoms with Crippen LogP contribution < -0.4 is 11.2 Å². The maximum Gasteiger partial charge on any atom is 0.349 e. The number of rotatable bonds is 10. The largest absolute Gasteiger partial charge is 0.478 e. The average Bonchev–Trinajstić information content (AvgIpc) is 2.33. The Morgan fingerprint density at radius 3 is 2.44 bits per heavy atom. The van der Waals surface area contributed by atoms with Gasteiger partial charge in [-0.05, 0) is 19.4 Å². The molecule has 18 heavy (non-hydrogen) atoms. The molecular weight excluding hydrogens is 236 g/mol. The molecule has 0 fully saturated rings. The van der Waals surface area contributed by atoms with Crippen molar-refractivity contribution < 1.29 is 19.5 Å². The van der Waals surface area contributed by atoms with E-state index >= 15 is 0 Å². The third-order valence-corrected chi connectivity index (χ3v) is 1.99. The number of hydrogen-bond acceptors (Lipinski definition) is 5. The van der Waals surface area contributed by atoms with Crippen LogP contribution in [0.15, 0.2) is 24.3 Å². The number of hydrogen-bond donors (Lipinski definition) is 3. The number of allylic oxidation sites excluding steroid dienone is 2. The molecule has 0 unspecified atom stereocenters. The number of carboxylic acid groups (broad SMARTS) is 1. The van der Waals surface area contributed by atoms with E-state index in [1.807, 2.05) is 0 Å². The van der Waals surface area contributed by atoms with Crippen LogP contribution in [0.1, 0.15) is 25.7 Å². The van der Waals surface area contributed by atoms with Gasteiger partial charge >= 0.3 is 11.9 Å². The summed E-state index contributed by atoms with van der Waals surface area (Å²) in [4.78, 5) is 25.8. The summed E-state index contributed by atoms with van der Waals surface area (Å²) < 4.78 is 0. The highest BCUT2D eigenvalue weighted by molar-refractivity contribution is 5.83. The third kappa shape index (κ3) is 12.4. The van der Waals surface area contributed by atoms with Crippen molar-refractivity contribution in [2.24, 2.45) is 5.73 Å². The first-order valence-electron chi connectivity index (χ1n) is 5.88. The quantitative estimate of drug-likeness (QED) is 0.231. The van der Waals surface area contributed by atoms with Crippen molar-refractivity contribution in [1.29, 1.82) is 0 Å². The van der Waals surface area contributed by atoms with Crippen LogP contribution in [0.2, 0.25) is 0 Å². The molecule has 0 aromatic rings. The molecule has 0 radical (unpaired) electrons. The van der Waals surface area contributed by atoms with E-state index in [4.69, 9.17) is 10.8 Å². The van der Waals surface area contributed by atoms with Gasteiger partial charge in [0.1, 0.15) is 0 Å². The molecular formula is C12H20N2O4. The Morgan fingerprint density at radius 1 is 1.11 bits per heavy atom. The minimum absolute atomic E-state index is 0.563. The summed E-state index contributed by atoms with van der Waals surface area (Å²) >= 11 is 0. The van der Waals surface area contributed by atoms with E-state index < -0.39 is 11.9 Å². The van der Waals surface area contributed by atoms with Crippen LogP contribution in [0.25, 0.3) is 0 Å². The van der Waals surface area contributed by atoms with E-state index in [0.29, 0.717) is 13.1 Å². The van der Waals surface area contributed by atoms with Crippen LogP contribution in [0.4, 0.5) is 0 Å². The fourth-order valence-electron chi connectivity index (χ4n) is 1.12. The average molecular weight is 256 g/mol. The molecule has 0 heterocycles. The van der Waals surface area contributed by atoms with Crippen molar-refractivity contribution in [3.63, 3.8) is 0 Å².